The zero-order chi connectivity index (χ0) is 16.0. The van der Waals surface area contributed by atoms with Gasteiger partial charge in [0.25, 0.3) is 0 Å². The zero-order valence-corrected chi connectivity index (χ0v) is 13.3. The number of rotatable bonds is 3. The molecule has 1 aromatic carbocycles. The van der Waals surface area contributed by atoms with Crippen molar-refractivity contribution < 1.29 is 9.18 Å². The van der Waals surface area contributed by atoms with Crippen molar-refractivity contribution in [2.24, 2.45) is 11.3 Å². The molecule has 3 nitrogen and oxygen atoms in total. The van der Waals surface area contributed by atoms with Crippen LogP contribution in [0.5, 0.6) is 0 Å². The van der Waals surface area contributed by atoms with Gasteiger partial charge in [-0.05, 0) is 43.2 Å². The molecule has 1 saturated heterocycles. The number of hydrogen-bond donors (Lipinski definition) is 0. The summed E-state index contributed by atoms with van der Waals surface area (Å²) in [4.78, 5) is 18.6. The maximum Gasteiger partial charge on any atom is 0.167 e. The van der Waals surface area contributed by atoms with E-state index in [1.54, 1.807) is 30.6 Å². The number of anilines is 1. The van der Waals surface area contributed by atoms with Crippen molar-refractivity contribution in [2.45, 2.75) is 12.8 Å². The predicted molar refractivity (Wildman–Crippen MR) is 87.3 cm³/mol. The van der Waals surface area contributed by atoms with Crippen molar-refractivity contribution >= 4 is 23.1 Å². The Kier molecular flexibility index (Phi) is 3.38. The SMILES string of the molecule is O=C(c1cccnc1)C1CC2(C1)CN(c1ccc(F)c(Cl)c1)C2. The number of Topliss-reactive ketones (excluding diaryl/α,β-unsaturated/α-hetero) is 1. The largest absolute Gasteiger partial charge is 0.370 e. The predicted octanol–water partition coefficient (Wildman–Crippen LogP) is 3.97. The Morgan fingerprint density at radius 2 is 2.09 bits per heavy atom. The molecule has 2 aromatic rings. The van der Waals surface area contributed by atoms with Crippen molar-refractivity contribution in [2.75, 3.05) is 18.0 Å². The fraction of sp³-hybridized carbons (Fsp3) is 0.333. The fourth-order valence-electron chi connectivity index (χ4n) is 3.80. The molecule has 2 aliphatic rings. The lowest BCUT2D eigenvalue weighted by Crippen LogP contribution is -2.63. The minimum absolute atomic E-state index is 0.109. The van der Waals surface area contributed by atoms with E-state index in [1.807, 2.05) is 6.07 Å². The number of carbonyl (C=O) groups is 1. The van der Waals surface area contributed by atoms with Gasteiger partial charge in [-0.25, -0.2) is 4.39 Å². The number of nitrogens with zero attached hydrogens (tertiary/aromatic N) is 2. The van der Waals surface area contributed by atoms with Crippen molar-refractivity contribution in [3.8, 4) is 0 Å². The molecule has 1 aromatic heterocycles. The van der Waals surface area contributed by atoms with E-state index < -0.39 is 5.82 Å². The Hall–Kier alpha value is -1.94. The van der Waals surface area contributed by atoms with Crippen LogP contribution < -0.4 is 4.90 Å². The van der Waals surface area contributed by atoms with Crippen LogP contribution in [-0.4, -0.2) is 23.9 Å². The summed E-state index contributed by atoms with van der Waals surface area (Å²) in [7, 11) is 0. The summed E-state index contributed by atoms with van der Waals surface area (Å²) < 4.78 is 13.2. The first kappa shape index (κ1) is 14.6. The van der Waals surface area contributed by atoms with Gasteiger partial charge in [0.15, 0.2) is 5.78 Å². The topological polar surface area (TPSA) is 33.2 Å². The van der Waals surface area contributed by atoms with E-state index in [4.69, 9.17) is 11.6 Å². The van der Waals surface area contributed by atoms with Crippen LogP contribution in [-0.2, 0) is 0 Å². The zero-order valence-electron chi connectivity index (χ0n) is 12.5. The van der Waals surface area contributed by atoms with Gasteiger partial charge in [0.1, 0.15) is 5.82 Å². The van der Waals surface area contributed by atoms with Gasteiger partial charge in [-0.1, -0.05) is 11.6 Å². The second-order valence-electron chi connectivity index (χ2n) is 6.67. The van der Waals surface area contributed by atoms with E-state index >= 15 is 0 Å². The van der Waals surface area contributed by atoms with Gasteiger partial charge < -0.3 is 4.90 Å². The Labute approximate surface area is 139 Å². The van der Waals surface area contributed by atoms with E-state index in [9.17, 15) is 9.18 Å². The highest BCUT2D eigenvalue weighted by atomic mass is 35.5. The molecule has 2 heterocycles. The Morgan fingerprint density at radius 3 is 2.74 bits per heavy atom. The molecule has 1 spiro atoms. The molecule has 4 rings (SSSR count). The summed E-state index contributed by atoms with van der Waals surface area (Å²) in [5.74, 6) is -0.0819. The Morgan fingerprint density at radius 1 is 1.30 bits per heavy atom. The number of hydrogen-bond acceptors (Lipinski definition) is 3. The first-order valence-corrected chi connectivity index (χ1v) is 8.08. The Bertz CT molecular complexity index is 751. The lowest BCUT2D eigenvalue weighted by Gasteiger charge is -2.59. The number of ketones is 1. The average Bonchev–Trinajstić information content (AvgIpc) is 2.48. The highest BCUT2D eigenvalue weighted by Gasteiger charge is 2.54. The quantitative estimate of drug-likeness (QED) is 0.798. The Balaban J connectivity index is 1.36. The first-order chi connectivity index (χ1) is 11.1. The number of benzene rings is 1. The standard InChI is InChI=1S/C18H16ClFN2O/c19-15-6-14(3-4-16(15)20)22-10-18(11-22)7-13(8-18)17(23)12-2-1-5-21-9-12/h1-6,9,13H,7-8,10-11H2. The summed E-state index contributed by atoms with van der Waals surface area (Å²) in [6, 6.07) is 8.45. The molecule has 1 saturated carbocycles. The van der Waals surface area contributed by atoms with Crippen molar-refractivity contribution in [3.05, 3.63) is 59.1 Å². The summed E-state index contributed by atoms with van der Waals surface area (Å²) in [6.07, 6.45) is 5.16. The van der Waals surface area contributed by atoms with Crippen molar-refractivity contribution in [3.63, 3.8) is 0 Å². The highest BCUT2D eigenvalue weighted by Crippen LogP contribution is 2.53. The lowest BCUT2D eigenvalue weighted by molar-refractivity contribution is 0.0235. The molecule has 0 radical (unpaired) electrons. The van der Waals surface area contributed by atoms with E-state index in [2.05, 4.69) is 9.88 Å². The summed E-state index contributed by atoms with van der Waals surface area (Å²) in [5.41, 5.74) is 1.89. The van der Waals surface area contributed by atoms with Crippen LogP contribution in [0.3, 0.4) is 0 Å². The second-order valence-corrected chi connectivity index (χ2v) is 7.07. The monoisotopic (exact) mass is 330 g/mol. The van der Waals surface area contributed by atoms with Gasteiger partial charge in [-0.2, -0.15) is 0 Å². The molecular formula is C18H16ClFN2O. The fourth-order valence-corrected chi connectivity index (χ4v) is 3.98. The van der Waals surface area contributed by atoms with Crippen molar-refractivity contribution in [1.82, 2.24) is 4.98 Å². The molecule has 118 valence electrons. The highest BCUT2D eigenvalue weighted by molar-refractivity contribution is 6.31. The van der Waals surface area contributed by atoms with E-state index in [1.165, 1.54) is 6.07 Å². The van der Waals surface area contributed by atoms with E-state index in [0.717, 1.165) is 31.6 Å². The van der Waals surface area contributed by atoms with Crippen molar-refractivity contribution in [1.29, 1.82) is 0 Å². The molecule has 2 fully saturated rings. The minimum atomic E-state index is -0.392. The number of halogens is 2. The van der Waals surface area contributed by atoms with Crippen LogP contribution in [0.15, 0.2) is 42.7 Å². The van der Waals surface area contributed by atoms with Gasteiger partial charge >= 0.3 is 0 Å². The van der Waals surface area contributed by atoms with Crippen LogP contribution in [0.2, 0.25) is 5.02 Å². The van der Waals surface area contributed by atoms with Gasteiger partial charge in [0.2, 0.25) is 0 Å². The van der Waals surface area contributed by atoms with Gasteiger partial charge in [0.05, 0.1) is 5.02 Å². The summed E-state index contributed by atoms with van der Waals surface area (Å²) in [6.45, 7) is 1.82. The minimum Gasteiger partial charge on any atom is -0.370 e. The summed E-state index contributed by atoms with van der Waals surface area (Å²) in [5, 5.41) is 0.154. The molecule has 23 heavy (non-hydrogen) atoms. The third kappa shape index (κ3) is 2.51. The number of carbonyl (C=O) groups excluding carboxylic acids is 1. The molecule has 0 atom stereocenters. The molecule has 0 unspecified atom stereocenters. The lowest BCUT2D eigenvalue weighted by atomic mass is 9.56. The van der Waals surface area contributed by atoms with Gasteiger partial charge in [-0.3, -0.25) is 9.78 Å². The molecule has 1 aliphatic carbocycles. The molecular weight excluding hydrogens is 315 g/mol. The first-order valence-electron chi connectivity index (χ1n) is 7.71. The summed E-state index contributed by atoms with van der Waals surface area (Å²) >= 11 is 5.84. The number of pyridine rings is 1. The van der Waals surface area contributed by atoms with Crippen LogP contribution >= 0.6 is 11.6 Å². The second kappa shape index (κ2) is 5.31. The molecule has 5 heteroatoms. The smallest absolute Gasteiger partial charge is 0.167 e. The van der Waals surface area contributed by atoms with Crippen LogP contribution in [0.1, 0.15) is 23.2 Å². The maximum absolute atomic E-state index is 13.2. The van der Waals surface area contributed by atoms with Gasteiger partial charge in [0, 0.05) is 48.1 Å². The van der Waals surface area contributed by atoms with Crippen LogP contribution in [0.25, 0.3) is 0 Å². The van der Waals surface area contributed by atoms with E-state index in [0.29, 0.717) is 5.56 Å². The van der Waals surface area contributed by atoms with Gasteiger partial charge in [-0.15, -0.1) is 0 Å². The normalized spacial score (nSPS) is 19.3. The number of aromatic nitrogens is 1. The molecule has 1 aliphatic heterocycles. The third-order valence-electron chi connectivity index (χ3n) is 5.00. The maximum atomic E-state index is 13.2. The van der Waals surface area contributed by atoms with Crippen LogP contribution in [0, 0.1) is 17.2 Å². The van der Waals surface area contributed by atoms with E-state index in [-0.39, 0.29) is 22.1 Å². The molecule has 0 N–H and O–H groups in total. The third-order valence-corrected chi connectivity index (χ3v) is 5.29. The molecule has 0 amide bonds. The van der Waals surface area contributed by atoms with Crippen LogP contribution in [0.4, 0.5) is 10.1 Å². The average molecular weight is 331 g/mol. The molecule has 0 bridgehead atoms.